The van der Waals surface area contributed by atoms with Gasteiger partial charge in [-0.1, -0.05) is 47.6 Å². The fourth-order valence-corrected chi connectivity index (χ4v) is 5.40. The molecule has 2 heterocycles. The average molecular weight is 716 g/mol. The zero-order valence-electron chi connectivity index (χ0n) is 23.6. The van der Waals surface area contributed by atoms with Crippen LogP contribution in [0, 0.1) is 0 Å². The van der Waals surface area contributed by atoms with Gasteiger partial charge in [-0.2, -0.15) is 4.99 Å². The van der Waals surface area contributed by atoms with Crippen molar-refractivity contribution in [1.29, 1.82) is 0 Å². The number of alkyl halides is 6. The zero-order chi connectivity index (χ0) is 33.9. The number of rotatable bonds is 8. The van der Waals surface area contributed by atoms with Gasteiger partial charge < -0.3 is 9.47 Å². The molecule has 0 radical (unpaired) electrons. The van der Waals surface area contributed by atoms with Crippen LogP contribution in [-0.4, -0.2) is 49.4 Å². The molecule has 1 saturated heterocycles. The highest BCUT2D eigenvalue weighted by atomic mass is 35.5. The number of carbonyl (C=O) groups is 1. The van der Waals surface area contributed by atoms with Crippen molar-refractivity contribution in [3.8, 4) is 28.6 Å². The van der Waals surface area contributed by atoms with E-state index in [9.17, 15) is 31.1 Å². The number of anilines is 1. The highest BCUT2D eigenvalue weighted by Crippen LogP contribution is 2.39. The van der Waals surface area contributed by atoms with Crippen molar-refractivity contribution in [2.24, 2.45) is 4.99 Å². The average Bonchev–Trinajstić information content (AvgIpc) is 3.63. The van der Waals surface area contributed by atoms with E-state index < -0.39 is 24.4 Å². The van der Waals surface area contributed by atoms with E-state index in [4.69, 9.17) is 23.8 Å². The van der Waals surface area contributed by atoms with Crippen LogP contribution in [0.2, 0.25) is 5.02 Å². The number of nitrogens with zero attached hydrogens (tertiary/aromatic N) is 5. The summed E-state index contributed by atoms with van der Waals surface area (Å²) in [5, 5.41) is 4.39. The van der Waals surface area contributed by atoms with Crippen LogP contribution < -0.4 is 25.2 Å². The topological polar surface area (TPSA) is 106 Å². The van der Waals surface area contributed by atoms with Crippen LogP contribution in [0.1, 0.15) is 18.5 Å². The maximum Gasteiger partial charge on any atom is 0.573 e. The summed E-state index contributed by atoms with van der Waals surface area (Å²) in [5.74, 6) is -1.25. The Bertz CT molecular complexity index is 1800. The third-order valence-electron chi connectivity index (χ3n) is 6.24. The molecule has 0 spiro atoms. The van der Waals surface area contributed by atoms with E-state index in [2.05, 4.69) is 35.4 Å². The van der Waals surface area contributed by atoms with Crippen molar-refractivity contribution >= 4 is 57.5 Å². The summed E-state index contributed by atoms with van der Waals surface area (Å²) in [6.45, 7) is 1.82. The first-order chi connectivity index (χ1) is 22.1. The molecule has 2 N–H and O–H groups in total. The summed E-state index contributed by atoms with van der Waals surface area (Å²) in [5.41, 5.74) is 7.45. The van der Waals surface area contributed by atoms with Crippen LogP contribution in [-0.2, 0) is 4.79 Å². The second kappa shape index (κ2) is 13.8. The molecule has 1 unspecified atom stereocenters. The number of aromatic nitrogens is 3. The molecule has 0 saturated carbocycles. The lowest BCUT2D eigenvalue weighted by molar-refractivity contribution is -0.275. The SMILES string of the molecule is CC(NNC(=S)/N=C1\SCC(=O)N1c1cc(Cl)ccc1OC(F)(F)F)c1ccc(-c2ncn(-c3ccc(OC(F)(F)F)cc3)n2)cc1. The first-order valence-corrected chi connectivity index (χ1v) is 15.0. The molecule has 1 fully saturated rings. The number of ether oxygens (including phenoxy) is 2. The second-order valence-electron chi connectivity index (χ2n) is 9.54. The molecule has 0 aliphatic carbocycles. The normalized spacial score (nSPS) is 15.2. The number of hydrogen-bond acceptors (Lipinski definition) is 8. The van der Waals surface area contributed by atoms with Crippen molar-refractivity contribution in [2.75, 3.05) is 10.7 Å². The van der Waals surface area contributed by atoms with E-state index in [0.717, 1.165) is 34.4 Å². The van der Waals surface area contributed by atoms with Crippen molar-refractivity contribution < 1.29 is 40.6 Å². The van der Waals surface area contributed by atoms with Gasteiger partial charge in [0.2, 0.25) is 11.0 Å². The third kappa shape index (κ3) is 8.91. The fraction of sp³-hybridized carbons (Fsp3) is 0.179. The van der Waals surface area contributed by atoms with Crippen LogP contribution in [0.25, 0.3) is 17.1 Å². The summed E-state index contributed by atoms with van der Waals surface area (Å²) in [7, 11) is 0. The van der Waals surface area contributed by atoms with Gasteiger partial charge in [0.1, 0.15) is 12.1 Å². The van der Waals surface area contributed by atoms with Crippen LogP contribution in [0.5, 0.6) is 11.5 Å². The Morgan fingerprint density at radius 2 is 1.70 bits per heavy atom. The number of carbonyl (C=O) groups excluding carboxylic acids is 1. The Kier molecular flexibility index (Phi) is 9.94. The largest absolute Gasteiger partial charge is 0.573 e. The van der Waals surface area contributed by atoms with Crippen molar-refractivity contribution in [3.05, 3.63) is 83.6 Å². The predicted octanol–water partition coefficient (Wildman–Crippen LogP) is 6.96. The summed E-state index contributed by atoms with van der Waals surface area (Å²) in [6, 6.07) is 15.4. The van der Waals surface area contributed by atoms with E-state index in [1.54, 1.807) is 12.1 Å². The lowest BCUT2D eigenvalue weighted by Gasteiger charge is -2.21. The van der Waals surface area contributed by atoms with Gasteiger partial charge in [-0.25, -0.2) is 15.1 Å². The predicted molar refractivity (Wildman–Crippen MR) is 166 cm³/mol. The molecule has 4 aromatic rings. The molecular weight excluding hydrogens is 696 g/mol. The first kappa shape index (κ1) is 34.0. The minimum Gasteiger partial charge on any atom is -0.406 e. The highest BCUT2D eigenvalue weighted by Gasteiger charge is 2.37. The Morgan fingerprint density at radius 3 is 2.36 bits per heavy atom. The number of amidine groups is 1. The van der Waals surface area contributed by atoms with Gasteiger partial charge in [0.05, 0.1) is 17.1 Å². The van der Waals surface area contributed by atoms with E-state index in [0.29, 0.717) is 17.1 Å². The highest BCUT2D eigenvalue weighted by molar-refractivity contribution is 8.15. The Hall–Kier alpha value is -4.39. The number of thioether (sulfide) groups is 1. The first-order valence-electron chi connectivity index (χ1n) is 13.2. The van der Waals surface area contributed by atoms with Crippen molar-refractivity contribution in [2.45, 2.75) is 25.7 Å². The van der Waals surface area contributed by atoms with E-state index in [-0.39, 0.29) is 38.5 Å². The van der Waals surface area contributed by atoms with Crippen LogP contribution in [0.3, 0.4) is 0 Å². The Morgan fingerprint density at radius 1 is 1.02 bits per heavy atom. The molecule has 246 valence electrons. The number of amides is 1. The van der Waals surface area contributed by atoms with Crippen molar-refractivity contribution in [1.82, 2.24) is 25.6 Å². The number of hydrogen-bond donors (Lipinski definition) is 2. The molecule has 1 amide bonds. The lowest BCUT2D eigenvalue weighted by atomic mass is 10.1. The van der Waals surface area contributed by atoms with Gasteiger partial charge in [-0.15, -0.1) is 31.4 Å². The molecule has 1 atom stereocenters. The molecular formula is C28H20ClF6N7O3S2. The molecule has 3 aromatic carbocycles. The smallest absolute Gasteiger partial charge is 0.406 e. The number of benzene rings is 3. The third-order valence-corrected chi connectivity index (χ3v) is 7.59. The van der Waals surface area contributed by atoms with E-state index >= 15 is 0 Å². The summed E-state index contributed by atoms with van der Waals surface area (Å²) >= 11 is 12.2. The number of nitrogens with one attached hydrogen (secondary N) is 2. The lowest BCUT2D eigenvalue weighted by Crippen LogP contribution is -2.38. The van der Waals surface area contributed by atoms with E-state index in [1.807, 2.05) is 19.1 Å². The number of aliphatic imine (C=N–C) groups is 1. The zero-order valence-corrected chi connectivity index (χ0v) is 26.0. The summed E-state index contributed by atoms with van der Waals surface area (Å²) < 4.78 is 85.5. The minimum absolute atomic E-state index is 0.0260. The maximum atomic E-state index is 13.0. The quantitative estimate of drug-likeness (QED) is 0.114. The number of thiocarbonyl (C=S) groups is 1. The van der Waals surface area contributed by atoms with Gasteiger partial charge in [-0.3, -0.25) is 15.1 Å². The van der Waals surface area contributed by atoms with Gasteiger partial charge in [0.15, 0.2) is 16.7 Å². The van der Waals surface area contributed by atoms with Crippen LogP contribution in [0.4, 0.5) is 32.0 Å². The minimum atomic E-state index is -5.00. The maximum absolute atomic E-state index is 13.0. The molecule has 19 heteroatoms. The van der Waals surface area contributed by atoms with Gasteiger partial charge >= 0.3 is 12.7 Å². The number of hydrazine groups is 1. The molecule has 47 heavy (non-hydrogen) atoms. The van der Waals surface area contributed by atoms with E-state index in [1.165, 1.54) is 41.3 Å². The van der Waals surface area contributed by atoms with Gasteiger partial charge in [0.25, 0.3) is 0 Å². The number of halogens is 7. The Balaban J connectivity index is 1.21. The molecule has 1 aromatic heterocycles. The summed E-state index contributed by atoms with van der Waals surface area (Å²) in [4.78, 5) is 22.1. The molecule has 0 bridgehead atoms. The molecule has 5 rings (SSSR count). The Labute approximate surface area is 276 Å². The van der Waals surface area contributed by atoms with Crippen molar-refractivity contribution in [3.63, 3.8) is 0 Å². The molecule has 1 aliphatic rings. The van der Waals surface area contributed by atoms with Gasteiger partial charge in [-0.05, 0) is 67.2 Å². The standard InChI is InChI=1S/C28H20ClF6N7O3S2/c1-15(16-2-4-17(5-3-16)24-36-14-41(40-24)19-7-9-20(10-8-19)44-27(30,31)32)38-39-25(46)37-26-42(23(43)13-47-26)21-12-18(29)6-11-22(21)45-28(33,34)35/h2-12,14-15,38H,13H2,1H3,(H,39,46)/b37-26-. The second-order valence-corrected chi connectivity index (χ2v) is 11.3. The van der Waals surface area contributed by atoms with Crippen LogP contribution in [0.15, 0.2) is 78.0 Å². The van der Waals surface area contributed by atoms with Crippen LogP contribution >= 0.6 is 35.6 Å². The fourth-order valence-electron chi connectivity index (χ4n) is 4.17. The molecule has 1 aliphatic heterocycles. The van der Waals surface area contributed by atoms with Gasteiger partial charge in [0, 0.05) is 16.6 Å². The molecule has 10 nitrogen and oxygen atoms in total. The summed E-state index contributed by atoms with van der Waals surface area (Å²) in [6.07, 6.45) is -8.37. The monoisotopic (exact) mass is 715 g/mol.